The van der Waals surface area contributed by atoms with Crippen molar-refractivity contribution in [1.29, 1.82) is 0 Å². The number of aryl methyl sites for hydroxylation is 1. The molecule has 0 fully saturated rings. The molecule has 19 heavy (non-hydrogen) atoms. The van der Waals surface area contributed by atoms with Crippen LogP contribution in [0.1, 0.15) is 5.56 Å². The van der Waals surface area contributed by atoms with E-state index in [0.717, 1.165) is 28.6 Å². The summed E-state index contributed by atoms with van der Waals surface area (Å²) >= 11 is 0. The predicted molar refractivity (Wildman–Crippen MR) is 71.9 cm³/mol. The van der Waals surface area contributed by atoms with Crippen molar-refractivity contribution in [2.24, 2.45) is 7.05 Å². The molecule has 1 N–H and O–H groups in total. The zero-order valence-corrected chi connectivity index (χ0v) is 10.7. The number of carboxylic acids is 1. The standard InChI is InChI=1S/C14H14N2O3/c1-16-14(10-3-6-12(19-2)7-4-10)11(9-15-16)5-8-13(17)18/h3-9H,1-2H3,(H,17,18)/b8-5+. The van der Waals surface area contributed by atoms with Crippen LogP contribution in [0.25, 0.3) is 17.3 Å². The fourth-order valence-electron chi connectivity index (χ4n) is 1.84. The number of aliphatic carboxylic acids is 1. The Hall–Kier alpha value is -2.56. The minimum Gasteiger partial charge on any atom is -0.497 e. The van der Waals surface area contributed by atoms with Gasteiger partial charge in [0, 0.05) is 24.3 Å². The summed E-state index contributed by atoms with van der Waals surface area (Å²) in [5, 5.41) is 12.8. The Kier molecular flexibility index (Phi) is 3.66. The Balaban J connectivity index is 2.42. The fourth-order valence-corrected chi connectivity index (χ4v) is 1.84. The molecule has 0 amide bonds. The number of methoxy groups -OCH3 is 1. The van der Waals surface area contributed by atoms with Gasteiger partial charge in [0.1, 0.15) is 5.75 Å². The summed E-state index contributed by atoms with van der Waals surface area (Å²) in [6, 6.07) is 7.53. The van der Waals surface area contributed by atoms with E-state index in [4.69, 9.17) is 9.84 Å². The molecule has 0 spiro atoms. The van der Waals surface area contributed by atoms with Gasteiger partial charge in [-0.25, -0.2) is 4.79 Å². The van der Waals surface area contributed by atoms with Crippen molar-refractivity contribution in [2.45, 2.75) is 0 Å². The van der Waals surface area contributed by atoms with Crippen LogP contribution in [0.4, 0.5) is 0 Å². The summed E-state index contributed by atoms with van der Waals surface area (Å²) in [5.74, 6) is -0.210. The number of ether oxygens (including phenoxy) is 1. The van der Waals surface area contributed by atoms with Crippen LogP contribution in [-0.4, -0.2) is 28.0 Å². The summed E-state index contributed by atoms with van der Waals surface area (Å²) in [6.45, 7) is 0. The lowest BCUT2D eigenvalue weighted by atomic mass is 10.1. The number of hydrogen-bond acceptors (Lipinski definition) is 3. The second kappa shape index (κ2) is 5.39. The smallest absolute Gasteiger partial charge is 0.328 e. The number of carbonyl (C=O) groups is 1. The van der Waals surface area contributed by atoms with E-state index in [9.17, 15) is 4.79 Å². The highest BCUT2D eigenvalue weighted by molar-refractivity contribution is 5.87. The third kappa shape index (κ3) is 2.82. The van der Waals surface area contributed by atoms with Gasteiger partial charge in [-0.3, -0.25) is 4.68 Å². The van der Waals surface area contributed by atoms with Crippen LogP contribution < -0.4 is 4.74 Å². The fraction of sp³-hybridized carbons (Fsp3) is 0.143. The molecule has 0 aliphatic heterocycles. The summed E-state index contributed by atoms with van der Waals surface area (Å²) in [4.78, 5) is 10.6. The second-order valence-electron chi connectivity index (χ2n) is 3.97. The third-order valence-electron chi connectivity index (χ3n) is 2.74. The number of benzene rings is 1. The van der Waals surface area contributed by atoms with Gasteiger partial charge >= 0.3 is 5.97 Å². The van der Waals surface area contributed by atoms with E-state index in [1.54, 1.807) is 18.0 Å². The van der Waals surface area contributed by atoms with Crippen LogP contribution in [0, 0.1) is 0 Å². The van der Waals surface area contributed by atoms with Crippen LogP contribution in [0.15, 0.2) is 36.5 Å². The summed E-state index contributed by atoms with van der Waals surface area (Å²) in [6.07, 6.45) is 4.28. The maximum absolute atomic E-state index is 10.6. The lowest BCUT2D eigenvalue weighted by molar-refractivity contribution is -0.131. The van der Waals surface area contributed by atoms with Gasteiger partial charge < -0.3 is 9.84 Å². The molecule has 0 aliphatic carbocycles. The van der Waals surface area contributed by atoms with Crippen molar-refractivity contribution >= 4 is 12.0 Å². The summed E-state index contributed by atoms with van der Waals surface area (Å²) in [5.41, 5.74) is 2.57. The zero-order valence-electron chi connectivity index (χ0n) is 10.7. The second-order valence-corrected chi connectivity index (χ2v) is 3.97. The molecule has 1 heterocycles. The normalized spacial score (nSPS) is 10.8. The molecule has 0 atom stereocenters. The predicted octanol–water partition coefficient (Wildman–Crippen LogP) is 2.19. The van der Waals surface area contributed by atoms with E-state index < -0.39 is 5.97 Å². The first-order valence-electron chi connectivity index (χ1n) is 5.69. The zero-order chi connectivity index (χ0) is 13.8. The Morgan fingerprint density at radius 1 is 1.37 bits per heavy atom. The van der Waals surface area contributed by atoms with E-state index in [0.29, 0.717) is 0 Å². The van der Waals surface area contributed by atoms with Crippen LogP contribution >= 0.6 is 0 Å². The van der Waals surface area contributed by atoms with Gasteiger partial charge in [0.15, 0.2) is 0 Å². The van der Waals surface area contributed by atoms with Gasteiger partial charge in [-0.15, -0.1) is 0 Å². The third-order valence-corrected chi connectivity index (χ3v) is 2.74. The minimum atomic E-state index is -0.982. The average molecular weight is 258 g/mol. The van der Waals surface area contributed by atoms with Crippen LogP contribution in [0.2, 0.25) is 0 Å². The van der Waals surface area contributed by atoms with E-state index in [1.807, 2.05) is 31.3 Å². The first-order chi connectivity index (χ1) is 9.11. The van der Waals surface area contributed by atoms with Crippen molar-refractivity contribution < 1.29 is 14.6 Å². The quantitative estimate of drug-likeness (QED) is 0.854. The van der Waals surface area contributed by atoms with Crippen molar-refractivity contribution in [2.75, 3.05) is 7.11 Å². The Labute approximate surface area is 110 Å². The molecule has 5 nitrogen and oxygen atoms in total. The molecular formula is C14H14N2O3. The highest BCUT2D eigenvalue weighted by Gasteiger charge is 2.09. The van der Waals surface area contributed by atoms with Crippen molar-refractivity contribution in [3.63, 3.8) is 0 Å². The number of aromatic nitrogens is 2. The average Bonchev–Trinajstić information content (AvgIpc) is 2.78. The molecule has 0 bridgehead atoms. The number of rotatable bonds is 4. The van der Waals surface area contributed by atoms with Crippen LogP contribution in [0.3, 0.4) is 0 Å². The number of carboxylic acid groups (broad SMARTS) is 1. The lowest BCUT2D eigenvalue weighted by Crippen LogP contribution is -1.94. The van der Waals surface area contributed by atoms with Gasteiger partial charge in [0.05, 0.1) is 19.0 Å². The first kappa shape index (κ1) is 12.9. The molecule has 0 aliphatic rings. The van der Waals surface area contributed by atoms with E-state index in [2.05, 4.69) is 5.10 Å². The molecule has 0 unspecified atom stereocenters. The highest BCUT2D eigenvalue weighted by atomic mass is 16.5. The van der Waals surface area contributed by atoms with Gasteiger partial charge in [-0.05, 0) is 30.3 Å². The van der Waals surface area contributed by atoms with E-state index in [-0.39, 0.29) is 0 Å². The Bertz CT molecular complexity index is 612. The molecular weight excluding hydrogens is 244 g/mol. The van der Waals surface area contributed by atoms with Crippen molar-refractivity contribution in [1.82, 2.24) is 9.78 Å². The van der Waals surface area contributed by atoms with Crippen LogP contribution in [0.5, 0.6) is 5.75 Å². The number of hydrogen-bond donors (Lipinski definition) is 1. The lowest BCUT2D eigenvalue weighted by Gasteiger charge is -2.05. The highest BCUT2D eigenvalue weighted by Crippen LogP contribution is 2.26. The molecule has 1 aromatic heterocycles. The molecule has 0 saturated carbocycles. The maximum Gasteiger partial charge on any atom is 0.328 e. The van der Waals surface area contributed by atoms with Gasteiger partial charge in [0.25, 0.3) is 0 Å². The Morgan fingerprint density at radius 2 is 2.05 bits per heavy atom. The molecule has 1 aromatic carbocycles. The van der Waals surface area contributed by atoms with Crippen LogP contribution in [-0.2, 0) is 11.8 Å². The maximum atomic E-state index is 10.6. The van der Waals surface area contributed by atoms with Gasteiger partial charge in [-0.2, -0.15) is 5.10 Å². The molecule has 98 valence electrons. The molecule has 0 saturated heterocycles. The minimum absolute atomic E-state index is 0.759. The SMILES string of the molecule is COc1ccc(-c2c(/C=C/C(=O)O)cnn2C)cc1. The monoisotopic (exact) mass is 258 g/mol. The summed E-state index contributed by atoms with van der Waals surface area (Å²) in [7, 11) is 3.43. The number of nitrogens with zero attached hydrogens (tertiary/aromatic N) is 2. The molecule has 2 aromatic rings. The van der Waals surface area contributed by atoms with Crippen molar-refractivity contribution in [3.05, 3.63) is 42.1 Å². The topological polar surface area (TPSA) is 64.3 Å². The summed E-state index contributed by atoms with van der Waals surface area (Å²) < 4.78 is 6.82. The Morgan fingerprint density at radius 3 is 2.63 bits per heavy atom. The molecule has 0 radical (unpaired) electrons. The van der Waals surface area contributed by atoms with E-state index >= 15 is 0 Å². The van der Waals surface area contributed by atoms with E-state index in [1.165, 1.54) is 6.08 Å². The first-order valence-corrected chi connectivity index (χ1v) is 5.69. The largest absolute Gasteiger partial charge is 0.497 e. The molecule has 2 rings (SSSR count). The molecule has 5 heteroatoms. The van der Waals surface area contributed by atoms with Gasteiger partial charge in [0.2, 0.25) is 0 Å². The van der Waals surface area contributed by atoms with Crippen molar-refractivity contribution in [3.8, 4) is 17.0 Å². The van der Waals surface area contributed by atoms with Gasteiger partial charge in [-0.1, -0.05) is 0 Å².